The number of nitrogens with zero attached hydrogens (tertiary/aromatic N) is 1. The first-order chi connectivity index (χ1) is 13.3. The van der Waals surface area contributed by atoms with Gasteiger partial charge in [-0.05, 0) is 63.6 Å². The smallest absolute Gasteiger partial charge is 0.348 e. The number of fused-ring (bicyclic) bond motifs is 1. The Labute approximate surface area is 170 Å². The van der Waals surface area contributed by atoms with Gasteiger partial charge in [0.2, 0.25) is 5.78 Å². The quantitative estimate of drug-likeness (QED) is 0.503. The van der Waals surface area contributed by atoms with Crippen molar-refractivity contribution in [2.75, 3.05) is 20.3 Å². The van der Waals surface area contributed by atoms with Crippen LogP contribution in [-0.4, -0.2) is 36.6 Å². The predicted molar refractivity (Wildman–Crippen MR) is 111 cm³/mol. The number of ketones is 1. The van der Waals surface area contributed by atoms with Gasteiger partial charge in [-0.3, -0.25) is 4.79 Å². The van der Waals surface area contributed by atoms with E-state index in [0.29, 0.717) is 23.0 Å². The first kappa shape index (κ1) is 20.8. The van der Waals surface area contributed by atoms with E-state index in [0.717, 1.165) is 30.7 Å². The number of Topliss-reactive ketones (excluding diaryl/α,β-unsaturated/α-hetero) is 1. The van der Waals surface area contributed by atoms with E-state index in [2.05, 4.69) is 18.4 Å². The number of hydrogen-bond donors (Lipinski definition) is 0. The zero-order valence-corrected chi connectivity index (χ0v) is 18.1. The van der Waals surface area contributed by atoms with Crippen LogP contribution in [0.4, 0.5) is 0 Å². The minimum atomic E-state index is -0.401. The van der Waals surface area contributed by atoms with Gasteiger partial charge in [0.1, 0.15) is 4.88 Å². The maximum absolute atomic E-state index is 12.7. The van der Waals surface area contributed by atoms with E-state index in [9.17, 15) is 9.59 Å². The lowest BCUT2D eigenvalue weighted by Gasteiger charge is -2.17. The number of thiophene rings is 1. The van der Waals surface area contributed by atoms with Crippen LogP contribution in [-0.2, 0) is 22.3 Å². The Hall–Kier alpha value is -1.92. The Morgan fingerprint density at radius 3 is 2.79 bits per heavy atom. The van der Waals surface area contributed by atoms with Crippen LogP contribution in [0, 0.1) is 19.8 Å². The van der Waals surface area contributed by atoms with Crippen molar-refractivity contribution >= 4 is 23.1 Å². The van der Waals surface area contributed by atoms with Crippen LogP contribution in [0.3, 0.4) is 0 Å². The lowest BCUT2D eigenvalue weighted by atomic mass is 9.90. The number of aromatic nitrogens is 1. The van der Waals surface area contributed by atoms with Gasteiger partial charge in [-0.1, -0.05) is 6.92 Å². The van der Waals surface area contributed by atoms with Gasteiger partial charge in [-0.2, -0.15) is 0 Å². The molecule has 6 heteroatoms. The number of carbonyl (C=O) groups excluding carboxylic acids is 2. The summed E-state index contributed by atoms with van der Waals surface area (Å²) in [6.45, 7) is 8.52. The summed E-state index contributed by atoms with van der Waals surface area (Å²) >= 11 is 1.51. The second-order valence-electron chi connectivity index (χ2n) is 7.87. The minimum Gasteiger partial charge on any atom is -0.453 e. The second kappa shape index (κ2) is 8.62. The number of aryl methyl sites for hydroxylation is 2. The van der Waals surface area contributed by atoms with Gasteiger partial charge in [0, 0.05) is 28.9 Å². The summed E-state index contributed by atoms with van der Waals surface area (Å²) < 4.78 is 12.7. The van der Waals surface area contributed by atoms with Crippen molar-refractivity contribution < 1.29 is 19.1 Å². The Balaban J connectivity index is 1.66. The van der Waals surface area contributed by atoms with E-state index >= 15 is 0 Å². The fourth-order valence-corrected chi connectivity index (χ4v) is 5.24. The Morgan fingerprint density at radius 1 is 1.32 bits per heavy atom. The monoisotopic (exact) mass is 403 g/mol. The highest BCUT2D eigenvalue weighted by molar-refractivity contribution is 7.14. The molecule has 152 valence electrons. The summed E-state index contributed by atoms with van der Waals surface area (Å²) in [5.74, 6) is 0.0810. The molecule has 2 aromatic heterocycles. The molecule has 0 radical (unpaired) electrons. The third-order valence-corrected chi connectivity index (χ3v) is 6.72. The summed E-state index contributed by atoms with van der Waals surface area (Å²) in [7, 11) is 1.67. The zero-order chi connectivity index (χ0) is 20.4. The topological polar surface area (TPSA) is 57.5 Å². The molecule has 28 heavy (non-hydrogen) atoms. The van der Waals surface area contributed by atoms with Gasteiger partial charge in [0.05, 0.1) is 12.6 Å². The maximum atomic E-state index is 12.7. The number of carbonyl (C=O) groups is 2. The fourth-order valence-electron chi connectivity index (χ4n) is 4.14. The molecule has 0 N–H and O–H groups in total. The number of ether oxygens (including phenoxy) is 2. The van der Waals surface area contributed by atoms with Crippen molar-refractivity contribution in [3.63, 3.8) is 0 Å². The molecule has 2 aromatic rings. The SMILES string of the molecule is COC[C@H](C)n1c(C)cc(C(=O)COC(=O)c2cc3c(s2)CC[C@H](C)C3)c1C. The van der Waals surface area contributed by atoms with E-state index in [1.54, 1.807) is 7.11 Å². The lowest BCUT2D eigenvalue weighted by Crippen LogP contribution is -2.16. The van der Waals surface area contributed by atoms with Crippen LogP contribution < -0.4 is 0 Å². The normalized spacial score (nSPS) is 17.2. The molecule has 0 fully saturated rings. The van der Waals surface area contributed by atoms with E-state index < -0.39 is 5.97 Å². The average molecular weight is 404 g/mol. The fraction of sp³-hybridized carbons (Fsp3) is 0.545. The van der Waals surface area contributed by atoms with Crippen molar-refractivity contribution in [2.24, 2.45) is 5.92 Å². The highest BCUT2D eigenvalue weighted by Gasteiger charge is 2.23. The van der Waals surface area contributed by atoms with Crippen LogP contribution in [0.2, 0.25) is 0 Å². The Morgan fingerprint density at radius 2 is 2.07 bits per heavy atom. The van der Waals surface area contributed by atoms with E-state index in [4.69, 9.17) is 9.47 Å². The molecule has 3 rings (SSSR count). The molecule has 0 saturated heterocycles. The highest BCUT2D eigenvalue weighted by Crippen LogP contribution is 2.32. The molecule has 5 nitrogen and oxygen atoms in total. The molecule has 0 spiro atoms. The number of rotatable bonds is 7. The molecule has 1 aliphatic carbocycles. The molecular weight excluding hydrogens is 374 g/mol. The van der Waals surface area contributed by atoms with Crippen molar-refractivity contribution in [3.05, 3.63) is 44.4 Å². The van der Waals surface area contributed by atoms with Gasteiger partial charge in [-0.25, -0.2) is 4.79 Å². The first-order valence-electron chi connectivity index (χ1n) is 9.81. The van der Waals surface area contributed by atoms with Crippen molar-refractivity contribution in [1.82, 2.24) is 4.57 Å². The molecule has 2 heterocycles. The van der Waals surface area contributed by atoms with Gasteiger partial charge >= 0.3 is 5.97 Å². The van der Waals surface area contributed by atoms with Gasteiger partial charge in [-0.15, -0.1) is 11.3 Å². The predicted octanol–water partition coefficient (Wildman–Crippen LogP) is 4.54. The summed E-state index contributed by atoms with van der Waals surface area (Å²) in [5.41, 5.74) is 3.74. The molecule has 0 bridgehead atoms. The standard InChI is InChI=1S/C22H29NO4S/c1-13-6-7-20-17(8-13)10-21(28-20)22(25)27-12-19(24)18-9-14(2)23(16(18)4)15(3)11-26-5/h9-10,13,15H,6-8,11-12H2,1-5H3/t13-,15-/m0/s1. The second-order valence-corrected chi connectivity index (χ2v) is 9.00. The minimum absolute atomic E-state index is 0.133. The summed E-state index contributed by atoms with van der Waals surface area (Å²) in [4.78, 5) is 27.0. The van der Waals surface area contributed by atoms with Crippen LogP contribution >= 0.6 is 11.3 Å². The van der Waals surface area contributed by atoms with E-state index in [1.165, 1.54) is 21.8 Å². The van der Waals surface area contributed by atoms with E-state index in [1.807, 2.05) is 26.0 Å². The molecule has 1 aliphatic rings. The van der Waals surface area contributed by atoms with Crippen molar-refractivity contribution in [1.29, 1.82) is 0 Å². The molecule has 0 unspecified atom stereocenters. The third-order valence-electron chi connectivity index (χ3n) is 5.50. The summed E-state index contributed by atoms with van der Waals surface area (Å²) in [6, 6.07) is 3.94. The highest BCUT2D eigenvalue weighted by atomic mass is 32.1. The van der Waals surface area contributed by atoms with Gasteiger partial charge < -0.3 is 14.0 Å². The van der Waals surface area contributed by atoms with Crippen LogP contribution in [0.15, 0.2) is 12.1 Å². The summed E-state index contributed by atoms with van der Waals surface area (Å²) in [6.07, 6.45) is 3.21. The van der Waals surface area contributed by atoms with Gasteiger partial charge in [0.25, 0.3) is 0 Å². The first-order valence-corrected chi connectivity index (χ1v) is 10.6. The molecule has 2 atom stereocenters. The third kappa shape index (κ3) is 4.23. The van der Waals surface area contributed by atoms with Crippen LogP contribution in [0.5, 0.6) is 0 Å². The average Bonchev–Trinajstić information content (AvgIpc) is 3.19. The summed E-state index contributed by atoms with van der Waals surface area (Å²) in [5, 5.41) is 0. The largest absolute Gasteiger partial charge is 0.453 e. The molecule has 0 aliphatic heterocycles. The number of methoxy groups -OCH3 is 1. The van der Waals surface area contributed by atoms with E-state index in [-0.39, 0.29) is 18.4 Å². The van der Waals surface area contributed by atoms with Crippen molar-refractivity contribution in [3.8, 4) is 0 Å². The molecule has 0 aromatic carbocycles. The van der Waals surface area contributed by atoms with Crippen LogP contribution in [0.25, 0.3) is 0 Å². The maximum Gasteiger partial charge on any atom is 0.348 e. The number of esters is 1. The van der Waals surface area contributed by atoms with Crippen molar-refractivity contribution in [2.45, 2.75) is 53.0 Å². The zero-order valence-electron chi connectivity index (χ0n) is 17.3. The number of hydrogen-bond acceptors (Lipinski definition) is 5. The lowest BCUT2D eigenvalue weighted by molar-refractivity contribution is 0.0479. The Kier molecular flexibility index (Phi) is 6.40. The Bertz CT molecular complexity index is 879. The molecule has 0 saturated carbocycles. The van der Waals surface area contributed by atoms with Gasteiger partial charge in [0.15, 0.2) is 6.61 Å². The molecular formula is C22H29NO4S. The van der Waals surface area contributed by atoms with Crippen LogP contribution in [0.1, 0.15) is 68.2 Å². The molecule has 0 amide bonds.